The van der Waals surface area contributed by atoms with E-state index in [0.717, 1.165) is 24.0 Å². The van der Waals surface area contributed by atoms with Crippen molar-refractivity contribution in [2.45, 2.75) is 51.1 Å². The molecule has 0 aliphatic heterocycles. The van der Waals surface area contributed by atoms with E-state index in [0.29, 0.717) is 23.9 Å². The van der Waals surface area contributed by atoms with E-state index >= 15 is 0 Å². The number of nitrogens with one attached hydrogen (secondary N) is 1. The molecule has 2 atom stereocenters. The summed E-state index contributed by atoms with van der Waals surface area (Å²) in [5.74, 6) is 1.23. The van der Waals surface area contributed by atoms with E-state index in [1.165, 1.54) is 19.3 Å². The predicted molar refractivity (Wildman–Crippen MR) is 87.7 cm³/mol. The molecule has 0 spiro atoms. The monoisotopic (exact) mass is 308 g/mol. The fourth-order valence-corrected chi connectivity index (χ4v) is 4.08. The number of hydrogen-bond acceptors (Lipinski definition) is 2. The van der Waals surface area contributed by atoms with Gasteiger partial charge >= 0.3 is 0 Å². The van der Waals surface area contributed by atoms with Crippen molar-refractivity contribution in [3.8, 4) is 0 Å². The van der Waals surface area contributed by atoms with E-state index in [4.69, 9.17) is 5.73 Å². The van der Waals surface area contributed by atoms with Crippen LogP contribution in [0.5, 0.6) is 0 Å². The summed E-state index contributed by atoms with van der Waals surface area (Å²) in [6.45, 7) is 1.99. The van der Waals surface area contributed by atoms with Crippen LogP contribution in [0.25, 0.3) is 0 Å². The van der Waals surface area contributed by atoms with E-state index in [1.807, 2.05) is 31.2 Å². The molecule has 116 valence electrons. The molecule has 1 aromatic rings. The molecule has 4 heteroatoms. The fourth-order valence-electron chi connectivity index (χ4n) is 4.08. The second-order valence-corrected chi connectivity index (χ2v) is 6.50. The molecule has 0 heterocycles. The van der Waals surface area contributed by atoms with Crippen molar-refractivity contribution in [2.75, 3.05) is 0 Å². The highest BCUT2D eigenvalue weighted by Crippen LogP contribution is 2.39. The molecular weight excluding hydrogens is 284 g/mol. The first-order chi connectivity index (χ1) is 9.65. The van der Waals surface area contributed by atoms with Gasteiger partial charge in [-0.25, -0.2) is 0 Å². The van der Waals surface area contributed by atoms with Gasteiger partial charge in [-0.15, -0.1) is 12.4 Å². The van der Waals surface area contributed by atoms with Crippen molar-refractivity contribution in [3.63, 3.8) is 0 Å². The molecule has 2 fully saturated rings. The van der Waals surface area contributed by atoms with Gasteiger partial charge in [-0.05, 0) is 56.1 Å². The molecule has 2 bridgehead atoms. The summed E-state index contributed by atoms with van der Waals surface area (Å²) in [4.78, 5) is 12.5. The van der Waals surface area contributed by atoms with Crippen LogP contribution in [0.2, 0.25) is 0 Å². The second kappa shape index (κ2) is 6.80. The number of aryl methyl sites for hydroxylation is 1. The van der Waals surface area contributed by atoms with E-state index in [1.54, 1.807) is 0 Å². The topological polar surface area (TPSA) is 55.1 Å². The number of halogens is 1. The van der Waals surface area contributed by atoms with E-state index in [9.17, 15) is 4.79 Å². The lowest BCUT2D eigenvalue weighted by atomic mass is 9.67. The molecule has 2 aliphatic carbocycles. The lowest BCUT2D eigenvalue weighted by Crippen LogP contribution is -2.53. The van der Waals surface area contributed by atoms with Gasteiger partial charge in [-0.3, -0.25) is 4.79 Å². The molecule has 2 saturated carbocycles. The maximum Gasteiger partial charge on any atom is 0.251 e. The van der Waals surface area contributed by atoms with Crippen molar-refractivity contribution < 1.29 is 4.79 Å². The zero-order valence-corrected chi connectivity index (χ0v) is 13.4. The Balaban J connectivity index is 0.00000161. The molecule has 0 saturated heterocycles. The van der Waals surface area contributed by atoms with Gasteiger partial charge in [0.1, 0.15) is 0 Å². The van der Waals surface area contributed by atoms with Crippen LogP contribution in [0.1, 0.15) is 48.0 Å². The largest absolute Gasteiger partial charge is 0.349 e. The van der Waals surface area contributed by atoms with Crippen LogP contribution >= 0.6 is 12.4 Å². The Kier molecular flexibility index (Phi) is 5.28. The molecule has 2 unspecified atom stereocenters. The number of benzene rings is 1. The highest BCUT2D eigenvalue weighted by Gasteiger charge is 2.39. The van der Waals surface area contributed by atoms with Crippen LogP contribution in [-0.4, -0.2) is 18.0 Å². The smallest absolute Gasteiger partial charge is 0.251 e. The van der Waals surface area contributed by atoms with Crippen molar-refractivity contribution in [1.82, 2.24) is 5.32 Å². The summed E-state index contributed by atoms with van der Waals surface area (Å²) >= 11 is 0. The van der Waals surface area contributed by atoms with Gasteiger partial charge in [0.2, 0.25) is 0 Å². The Morgan fingerprint density at radius 1 is 1.19 bits per heavy atom. The summed E-state index contributed by atoms with van der Waals surface area (Å²) in [6, 6.07) is 8.47. The van der Waals surface area contributed by atoms with Crippen molar-refractivity contribution in [1.29, 1.82) is 0 Å². The fraction of sp³-hybridized carbons (Fsp3) is 0.588. The zero-order chi connectivity index (χ0) is 14.1. The Bertz CT molecular complexity index is 491. The van der Waals surface area contributed by atoms with E-state index in [2.05, 4.69) is 5.32 Å². The molecule has 0 aromatic heterocycles. The Labute approximate surface area is 133 Å². The van der Waals surface area contributed by atoms with Crippen LogP contribution in [0.15, 0.2) is 24.3 Å². The molecular formula is C17H25ClN2O. The average molecular weight is 309 g/mol. The van der Waals surface area contributed by atoms with Crippen LogP contribution in [-0.2, 0) is 0 Å². The van der Waals surface area contributed by atoms with Gasteiger partial charge in [-0.1, -0.05) is 24.6 Å². The molecule has 2 aliphatic rings. The minimum absolute atomic E-state index is 0. The Morgan fingerprint density at radius 2 is 1.81 bits per heavy atom. The number of amides is 1. The first kappa shape index (κ1) is 16.3. The second-order valence-electron chi connectivity index (χ2n) is 6.50. The summed E-state index contributed by atoms with van der Waals surface area (Å²) in [6.07, 6.45) is 5.84. The third-order valence-electron chi connectivity index (χ3n) is 5.06. The zero-order valence-electron chi connectivity index (χ0n) is 12.5. The minimum atomic E-state index is 0. The van der Waals surface area contributed by atoms with Gasteiger partial charge < -0.3 is 11.1 Å². The van der Waals surface area contributed by atoms with E-state index in [-0.39, 0.29) is 18.3 Å². The molecule has 3 nitrogen and oxygen atoms in total. The number of carbonyl (C=O) groups excluding carboxylic acids is 1. The third kappa shape index (κ3) is 3.41. The van der Waals surface area contributed by atoms with Crippen LogP contribution < -0.4 is 11.1 Å². The first-order valence-electron chi connectivity index (χ1n) is 7.77. The number of fused-ring (bicyclic) bond motifs is 2. The van der Waals surface area contributed by atoms with Gasteiger partial charge in [-0.2, -0.15) is 0 Å². The molecule has 1 amide bonds. The number of carbonyl (C=O) groups is 1. The summed E-state index contributed by atoms with van der Waals surface area (Å²) in [5, 5.41) is 3.30. The number of rotatable bonds is 2. The summed E-state index contributed by atoms with van der Waals surface area (Å²) in [7, 11) is 0. The van der Waals surface area contributed by atoms with Gasteiger partial charge in [0.05, 0.1) is 0 Å². The molecule has 0 radical (unpaired) electrons. The highest BCUT2D eigenvalue weighted by molar-refractivity contribution is 5.95. The van der Waals surface area contributed by atoms with E-state index < -0.39 is 0 Å². The van der Waals surface area contributed by atoms with Crippen molar-refractivity contribution in [3.05, 3.63) is 35.4 Å². The maximum atomic E-state index is 12.5. The van der Waals surface area contributed by atoms with Crippen molar-refractivity contribution in [2.24, 2.45) is 17.6 Å². The first-order valence-corrected chi connectivity index (χ1v) is 7.77. The number of hydrogen-bond donors (Lipinski definition) is 2. The lowest BCUT2D eigenvalue weighted by molar-refractivity contribution is 0.0755. The highest BCUT2D eigenvalue weighted by atomic mass is 35.5. The Morgan fingerprint density at radius 3 is 2.43 bits per heavy atom. The molecule has 21 heavy (non-hydrogen) atoms. The summed E-state index contributed by atoms with van der Waals surface area (Å²) in [5.41, 5.74) is 7.99. The molecule has 1 aromatic carbocycles. The number of nitrogens with two attached hydrogens (primary N) is 1. The normalized spacial score (nSPS) is 31.1. The molecule has 3 rings (SSSR count). The lowest BCUT2D eigenvalue weighted by Gasteiger charge is -2.45. The maximum absolute atomic E-state index is 12.5. The standard InChI is InChI=1S/C17H24N2O.ClH/c1-11-5-2-3-8-15(11)17(20)19-16-12-6-4-7-13(16)10-14(18)9-12;/h2-3,5,8,12-14,16H,4,6-7,9-10,18H2,1H3,(H,19,20);1H. The van der Waals surface area contributed by atoms with Gasteiger partial charge in [0.25, 0.3) is 5.91 Å². The average Bonchev–Trinajstić information content (AvgIpc) is 2.40. The van der Waals surface area contributed by atoms with Gasteiger partial charge in [0, 0.05) is 17.6 Å². The summed E-state index contributed by atoms with van der Waals surface area (Å²) < 4.78 is 0. The SMILES string of the molecule is Cc1ccccc1C(=O)NC1C2CCCC1CC(N)C2.Cl. The van der Waals surface area contributed by atoms with Crippen LogP contribution in [0.4, 0.5) is 0 Å². The quantitative estimate of drug-likeness (QED) is 0.882. The third-order valence-corrected chi connectivity index (χ3v) is 5.06. The Hall–Kier alpha value is -1.06. The minimum Gasteiger partial charge on any atom is -0.349 e. The van der Waals surface area contributed by atoms with Crippen LogP contribution in [0.3, 0.4) is 0 Å². The molecule has 3 N–H and O–H groups in total. The van der Waals surface area contributed by atoms with Gasteiger partial charge in [0.15, 0.2) is 0 Å². The predicted octanol–water partition coefficient (Wildman–Crippen LogP) is 3.05. The van der Waals surface area contributed by atoms with Crippen molar-refractivity contribution >= 4 is 18.3 Å². The van der Waals surface area contributed by atoms with Crippen LogP contribution in [0, 0.1) is 18.8 Å².